The van der Waals surface area contributed by atoms with Crippen LogP contribution in [-0.2, 0) is 6.18 Å². The molecule has 0 spiro atoms. The van der Waals surface area contributed by atoms with Crippen LogP contribution >= 0.6 is 27.3 Å². The predicted octanol–water partition coefficient (Wildman–Crippen LogP) is 4.43. The second-order valence-corrected chi connectivity index (χ2v) is 7.21. The fourth-order valence-electron chi connectivity index (χ4n) is 2.65. The van der Waals surface area contributed by atoms with E-state index in [0.717, 1.165) is 46.1 Å². The van der Waals surface area contributed by atoms with Gasteiger partial charge in [-0.25, -0.2) is 4.98 Å². The van der Waals surface area contributed by atoms with Crippen LogP contribution in [0.5, 0.6) is 0 Å². The third-order valence-corrected chi connectivity index (χ3v) is 5.03. The van der Waals surface area contributed by atoms with Crippen molar-refractivity contribution in [1.82, 2.24) is 4.98 Å². The van der Waals surface area contributed by atoms with Crippen molar-refractivity contribution in [3.05, 3.63) is 39.3 Å². The fourth-order valence-corrected chi connectivity index (χ4v) is 3.82. The van der Waals surface area contributed by atoms with Gasteiger partial charge in [0.05, 0.1) is 0 Å². The molecule has 1 aliphatic heterocycles. The maximum Gasteiger partial charge on any atom is 0.434 e. The Morgan fingerprint density at radius 2 is 2.21 bits per heavy atom. The molecule has 1 N–H and O–H groups in total. The minimum absolute atomic E-state index is 0.0135. The molecular weight excluding hydrogens is 407 g/mol. The molecule has 0 saturated carbocycles. The molecule has 9 heteroatoms. The molecule has 2 aromatic rings. The number of aromatic nitrogens is 1. The maximum atomic E-state index is 12.6. The van der Waals surface area contributed by atoms with E-state index in [9.17, 15) is 18.0 Å². The van der Waals surface area contributed by atoms with Crippen molar-refractivity contribution in [3.8, 4) is 0 Å². The molecule has 24 heavy (non-hydrogen) atoms. The van der Waals surface area contributed by atoms with Crippen LogP contribution in [0, 0.1) is 0 Å². The average Bonchev–Trinajstić information content (AvgIpc) is 3.16. The number of aldehydes is 1. The van der Waals surface area contributed by atoms with Crippen LogP contribution < -0.4 is 10.2 Å². The van der Waals surface area contributed by atoms with Crippen LogP contribution in [0.4, 0.5) is 24.0 Å². The summed E-state index contributed by atoms with van der Waals surface area (Å²) in [5, 5.41) is 4.32. The van der Waals surface area contributed by atoms with Gasteiger partial charge in [0.25, 0.3) is 0 Å². The van der Waals surface area contributed by atoms with E-state index in [-0.39, 0.29) is 11.2 Å². The van der Waals surface area contributed by atoms with Crippen LogP contribution in [0.1, 0.15) is 22.5 Å². The topological polar surface area (TPSA) is 45.2 Å². The van der Waals surface area contributed by atoms with Crippen molar-refractivity contribution in [1.29, 1.82) is 0 Å². The third-order valence-electron chi connectivity index (χ3n) is 3.77. The molecule has 0 aliphatic carbocycles. The zero-order valence-corrected chi connectivity index (χ0v) is 14.7. The number of hydrogen-bond acceptors (Lipinski definition) is 5. The van der Waals surface area contributed by atoms with Gasteiger partial charge in [-0.2, -0.15) is 13.2 Å². The molecule has 1 aromatic carbocycles. The van der Waals surface area contributed by atoms with E-state index in [1.807, 2.05) is 17.0 Å². The lowest BCUT2D eigenvalue weighted by Gasteiger charge is -2.20. The van der Waals surface area contributed by atoms with E-state index >= 15 is 0 Å². The fraction of sp³-hybridized carbons (Fsp3) is 0.333. The summed E-state index contributed by atoms with van der Waals surface area (Å²) in [5.41, 5.74) is 0.534. The normalized spacial score (nSPS) is 18.0. The molecule has 0 amide bonds. The number of halogens is 4. The number of nitrogens with zero attached hydrogens (tertiary/aromatic N) is 2. The number of nitrogens with one attached hydrogen (secondary N) is 1. The Morgan fingerprint density at radius 1 is 1.42 bits per heavy atom. The summed E-state index contributed by atoms with van der Waals surface area (Å²) in [7, 11) is 0. The van der Waals surface area contributed by atoms with Crippen molar-refractivity contribution in [2.24, 2.45) is 0 Å². The monoisotopic (exact) mass is 419 g/mol. The largest absolute Gasteiger partial charge is 0.434 e. The van der Waals surface area contributed by atoms with Gasteiger partial charge in [0, 0.05) is 40.2 Å². The van der Waals surface area contributed by atoms with Gasteiger partial charge in [0.1, 0.15) is 0 Å². The highest BCUT2D eigenvalue weighted by molar-refractivity contribution is 9.10. The Balaban J connectivity index is 1.68. The van der Waals surface area contributed by atoms with Crippen LogP contribution in [0.15, 0.2) is 28.1 Å². The quantitative estimate of drug-likeness (QED) is 0.744. The Morgan fingerprint density at radius 3 is 2.88 bits per heavy atom. The van der Waals surface area contributed by atoms with E-state index in [1.165, 1.54) is 0 Å². The van der Waals surface area contributed by atoms with E-state index in [1.54, 1.807) is 6.07 Å². The van der Waals surface area contributed by atoms with E-state index in [4.69, 9.17) is 0 Å². The standard InChI is InChI=1S/C15H13BrF3N3OS/c16-10-1-2-12(9(5-10)7-23)22-4-3-11(6-22)20-14-21-13(8-24-14)15(17,18)19/h1-2,5,7-8,11H,3-4,6H2,(H,20,21). The molecule has 128 valence electrons. The minimum atomic E-state index is -4.42. The molecule has 1 aliphatic rings. The van der Waals surface area contributed by atoms with Crippen LogP contribution in [0.2, 0.25) is 0 Å². The first kappa shape index (κ1) is 17.2. The van der Waals surface area contributed by atoms with Crippen LogP contribution in [0.3, 0.4) is 0 Å². The smallest absolute Gasteiger partial charge is 0.369 e. The minimum Gasteiger partial charge on any atom is -0.369 e. The molecule has 1 fully saturated rings. The number of thiazole rings is 1. The number of anilines is 2. The van der Waals surface area contributed by atoms with Crippen molar-refractivity contribution in [2.45, 2.75) is 18.6 Å². The van der Waals surface area contributed by atoms with Gasteiger partial charge in [-0.05, 0) is 24.6 Å². The molecule has 0 bridgehead atoms. The van der Waals surface area contributed by atoms with E-state index in [2.05, 4.69) is 26.2 Å². The van der Waals surface area contributed by atoms with Crippen LogP contribution in [-0.4, -0.2) is 30.4 Å². The third kappa shape index (κ3) is 3.72. The lowest BCUT2D eigenvalue weighted by Crippen LogP contribution is -2.26. The zero-order chi connectivity index (χ0) is 17.3. The second-order valence-electron chi connectivity index (χ2n) is 5.43. The lowest BCUT2D eigenvalue weighted by atomic mass is 10.2. The first-order valence-electron chi connectivity index (χ1n) is 7.16. The van der Waals surface area contributed by atoms with Crippen molar-refractivity contribution >= 4 is 44.4 Å². The summed E-state index contributed by atoms with van der Waals surface area (Å²) in [6.45, 7) is 1.32. The number of rotatable bonds is 4. The predicted molar refractivity (Wildman–Crippen MR) is 90.9 cm³/mol. The van der Waals surface area contributed by atoms with E-state index in [0.29, 0.717) is 12.1 Å². The molecule has 1 saturated heterocycles. The second kappa shape index (κ2) is 6.72. The summed E-state index contributed by atoms with van der Waals surface area (Å²) in [6, 6.07) is 5.46. The van der Waals surface area contributed by atoms with Gasteiger partial charge in [-0.3, -0.25) is 4.79 Å². The lowest BCUT2D eigenvalue weighted by molar-refractivity contribution is -0.140. The summed E-state index contributed by atoms with van der Waals surface area (Å²) in [6.07, 6.45) is -2.86. The molecule has 2 heterocycles. The maximum absolute atomic E-state index is 12.6. The zero-order valence-electron chi connectivity index (χ0n) is 12.3. The molecule has 4 nitrogen and oxygen atoms in total. The Labute approximate surface area is 148 Å². The average molecular weight is 420 g/mol. The summed E-state index contributed by atoms with van der Waals surface area (Å²) in [4.78, 5) is 16.9. The Kier molecular flexibility index (Phi) is 4.82. The summed E-state index contributed by atoms with van der Waals surface area (Å²) in [5.74, 6) is 0. The Bertz CT molecular complexity index is 750. The van der Waals surface area contributed by atoms with Crippen LogP contribution in [0.25, 0.3) is 0 Å². The SMILES string of the molecule is O=Cc1cc(Br)ccc1N1CCC(Nc2nc(C(F)(F)F)cs2)C1. The highest BCUT2D eigenvalue weighted by atomic mass is 79.9. The number of carbonyl (C=O) groups is 1. The number of hydrogen-bond donors (Lipinski definition) is 1. The molecule has 1 atom stereocenters. The van der Waals surface area contributed by atoms with Crippen molar-refractivity contribution in [2.75, 3.05) is 23.3 Å². The van der Waals surface area contributed by atoms with Gasteiger partial charge in [-0.15, -0.1) is 11.3 Å². The van der Waals surface area contributed by atoms with E-state index < -0.39 is 11.9 Å². The van der Waals surface area contributed by atoms with Gasteiger partial charge in [0.2, 0.25) is 0 Å². The number of alkyl halides is 3. The molecule has 1 unspecified atom stereocenters. The number of benzene rings is 1. The number of carbonyl (C=O) groups excluding carboxylic acids is 1. The Hall–Kier alpha value is -1.61. The molecule has 1 aromatic heterocycles. The first-order valence-corrected chi connectivity index (χ1v) is 8.83. The molecule has 3 rings (SSSR count). The summed E-state index contributed by atoms with van der Waals surface area (Å²) >= 11 is 4.28. The van der Waals surface area contributed by atoms with Crippen molar-refractivity contribution < 1.29 is 18.0 Å². The first-order chi connectivity index (χ1) is 11.4. The highest BCUT2D eigenvalue weighted by Crippen LogP contribution is 2.33. The van der Waals surface area contributed by atoms with Gasteiger partial charge < -0.3 is 10.2 Å². The van der Waals surface area contributed by atoms with Gasteiger partial charge in [0.15, 0.2) is 17.1 Å². The van der Waals surface area contributed by atoms with Gasteiger partial charge in [-0.1, -0.05) is 15.9 Å². The summed E-state index contributed by atoms with van der Waals surface area (Å²) < 4.78 is 38.6. The van der Waals surface area contributed by atoms with Crippen molar-refractivity contribution in [3.63, 3.8) is 0 Å². The molecule has 0 radical (unpaired) electrons. The molecular formula is C15H13BrF3N3OS. The highest BCUT2D eigenvalue weighted by Gasteiger charge is 2.34. The van der Waals surface area contributed by atoms with Gasteiger partial charge >= 0.3 is 6.18 Å².